The van der Waals surface area contributed by atoms with Crippen LogP contribution in [0.3, 0.4) is 0 Å². The maximum absolute atomic E-state index is 4.62. The number of nitrogens with one attached hydrogen (secondary N) is 1. The molecule has 0 spiro atoms. The van der Waals surface area contributed by atoms with Gasteiger partial charge in [0, 0.05) is 58.4 Å². The highest BCUT2D eigenvalue weighted by atomic mass is 32.1. The molecule has 1 N–H and O–H groups in total. The fourth-order valence-electron chi connectivity index (χ4n) is 3.09. The first-order chi connectivity index (χ1) is 12.6. The van der Waals surface area contributed by atoms with Gasteiger partial charge in [-0.3, -0.25) is 4.99 Å². The fraction of sp³-hybridized carbons (Fsp3) is 0.474. The van der Waals surface area contributed by atoms with Gasteiger partial charge in [-0.05, 0) is 24.6 Å². The van der Waals surface area contributed by atoms with E-state index in [1.165, 1.54) is 11.3 Å². The number of aliphatic imine (C=N–C) groups is 1. The highest BCUT2D eigenvalue weighted by Gasteiger charge is 2.20. The molecular formula is C19H28N6S. The van der Waals surface area contributed by atoms with Crippen molar-refractivity contribution in [1.82, 2.24) is 15.2 Å². The van der Waals surface area contributed by atoms with Gasteiger partial charge in [-0.1, -0.05) is 12.1 Å². The number of benzene rings is 1. The monoisotopic (exact) mass is 372 g/mol. The van der Waals surface area contributed by atoms with Gasteiger partial charge in [0.2, 0.25) is 0 Å². The zero-order valence-corrected chi connectivity index (χ0v) is 16.9. The van der Waals surface area contributed by atoms with Crippen molar-refractivity contribution in [3.8, 4) is 0 Å². The highest BCUT2D eigenvalue weighted by Crippen LogP contribution is 2.19. The molecule has 0 saturated carbocycles. The maximum atomic E-state index is 4.62. The summed E-state index contributed by atoms with van der Waals surface area (Å²) in [6, 6.07) is 8.73. The van der Waals surface area contributed by atoms with Gasteiger partial charge >= 0.3 is 0 Å². The van der Waals surface area contributed by atoms with Crippen LogP contribution in [0.1, 0.15) is 11.3 Å². The predicted octanol–water partition coefficient (Wildman–Crippen LogP) is 2.42. The number of rotatable bonds is 4. The SMILES string of the molecule is CN=C(NCc1csc(N(C)C)n1)N1CCN(c2cccc(C)c2)CC1. The molecule has 6 nitrogen and oxygen atoms in total. The quantitative estimate of drug-likeness (QED) is 0.660. The molecule has 0 radical (unpaired) electrons. The first kappa shape index (κ1) is 18.5. The number of anilines is 2. The number of hydrogen-bond donors (Lipinski definition) is 1. The molecular weight excluding hydrogens is 344 g/mol. The summed E-state index contributed by atoms with van der Waals surface area (Å²) in [6.07, 6.45) is 0. The lowest BCUT2D eigenvalue weighted by molar-refractivity contribution is 0.372. The van der Waals surface area contributed by atoms with Crippen molar-refractivity contribution in [3.05, 3.63) is 40.9 Å². The molecule has 0 unspecified atom stereocenters. The minimum Gasteiger partial charge on any atom is -0.368 e. The molecule has 1 aromatic heterocycles. The fourth-order valence-corrected chi connectivity index (χ4v) is 3.84. The Morgan fingerprint density at radius 3 is 2.65 bits per heavy atom. The van der Waals surface area contributed by atoms with Gasteiger partial charge in [-0.15, -0.1) is 11.3 Å². The number of aryl methyl sites for hydroxylation is 1. The molecule has 26 heavy (non-hydrogen) atoms. The van der Waals surface area contributed by atoms with Gasteiger partial charge < -0.3 is 20.0 Å². The van der Waals surface area contributed by atoms with E-state index in [0.717, 1.165) is 43.0 Å². The van der Waals surface area contributed by atoms with E-state index in [9.17, 15) is 0 Å². The van der Waals surface area contributed by atoms with E-state index in [1.54, 1.807) is 11.3 Å². The molecule has 0 amide bonds. The van der Waals surface area contributed by atoms with Crippen LogP contribution in [0.15, 0.2) is 34.6 Å². The molecule has 7 heteroatoms. The maximum Gasteiger partial charge on any atom is 0.194 e. The van der Waals surface area contributed by atoms with E-state index in [-0.39, 0.29) is 0 Å². The smallest absolute Gasteiger partial charge is 0.194 e. The summed E-state index contributed by atoms with van der Waals surface area (Å²) in [5.41, 5.74) is 3.67. The lowest BCUT2D eigenvalue weighted by atomic mass is 10.2. The van der Waals surface area contributed by atoms with Crippen LogP contribution in [0.2, 0.25) is 0 Å². The molecule has 1 saturated heterocycles. The molecule has 1 aliphatic rings. The van der Waals surface area contributed by atoms with Crippen molar-refractivity contribution in [2.45, 2.75) is 13.5 Å². The predicted molar refractivity (Wildman–Crippen MR) is 112 cm³/mol. The number of guanidine groups is 1. The van der Waals surface area contributed by atoms with Gasteiger partial charge in [-0.2, -0.15) is 0 Å². The van der Waals surface area contributed by atoms with Crippen LogP contribution in [-0.2, 0) is 6.54 Å². The average Bonchev–Trinajstić information content (AvgIpc) is 3.12. The van der Waals surface area contributed by atoms with Crippen LogP contribution >= 0.6 is 11.3 Å². The highest BCUT2D eigenvalue weighted by molar-refractivity contribution is 7.13. The Morgan fingerprint density at radius 2 is 2.04 bits per heavy atom. The zero-order valence-electron chi connectivity index (χ0n) is 16.1. The third-order valence-corrected chi connectivity index (χ3v) is 5.56. The molecule has 1 aliphatic heterocycles. The van der Waals surface area contributed by atoms with Crippen molar-refractivity contribution in [3.63, 3.8) is 0 Å². The largest absolute Gasteiger partial charge is 0.368 e. The summed E-state index contributed by atoms with van der Waals surface area (Å²) in [5, 5.41) is 6.59. The van der Waals surface area contributed by atoms with Crippen molar-refractivity contribution in [1.29, 1.82) is 0 Å². The molecule has 2 heterocycles. The van der Waals surface area contributed by atoms with Crippen molar-refractivity contribution in [2.75, 3.05) is 57.1 Å². The van der Waals surface area contributed by atoms with Gasteiger partial charge in [0.15, 0.2) is 11.1 Å². The summed E-state index contributed by atoms with van der Waals surface area (Å²) in [4.78, 5) is 15.9. The average molecular weight is 373 g/mol. The van der Waals surface area contributed by atoms with E-state index in [1.807, 2.05) is 26.0 Å². The summed E-state index contributed by atoms with van der Waals surface area (Å²) in [5.74, 6) is 0.952. The second-order valence-electron chi connectivity index (χ2n) is 6.73. The van der Waals surface area contributed by atoms with Gasteiger partial charge in [-0.25, -0.2) is 4.98 Å². The Balaban J connectivity index is 1.53. The third-order valence-electron chi connectivity index (χ3n) is 4.51. The standard InChI is InChI=1S/C19H28N6S/c1-15-6-5-7-17(12-15)24-8-10-25(11-9-24)18(20-2)21-13-16-14-26-19(22-16)23(3)4/h5-7,12,14H,8-11,13H2,1-4H3,(H,20,21). The molecule has 1 fully saturated rings. The van der Waals surface area contributed by atoms with Crippen molar-refractivity contribution in [2.24, 2.45) is 4.99 Å². The Labute approximate surface area is 160 Å². The van der Waals surface area contributed by atoms with Gasteiger partial charge in [0.25, 0.3) is 0 Å². The third kappa shape index (κ3) is 4.46. The number of nitrogens with zero attached hydrogens (tertiary/aromatic N) is 5. The molecule has 140 valence electrons. The van der Waals surface area contributed by atoms with Gasteiger partial charge in [0.05, 0.1) is 12.2 Å². The van der Waals surface area contributed by atoms with E-state index in [2.05, 4.69) is 61.7 Å². The van der Waals surface area contributed by atoms with Crippen LogP contribution in [0.5, 0.6) is 0 Å². The first-order valence-corrected chi connectivity index (χ1v) is 9.83. The second-order valence-corrected chi connectivity index (χ2v) is 7.57. The van der Waals surface area contributed by atoms with E-state index in [0.29, 0.717) is 6.54 Å². The summed E-state index contributed by atoms with van der Waals surface area (Å²) in [6.45, 7) is 6.79. The lowest BCUT2D eigenvalue weighted by Gasteiger charge is -2.37. The topological polar surface area (TPSA) is 47.0 Å². The number of aromatic nitrogens is 1. The Hall–Kier alpha value is -2.28. The minimum absolute atomic E-state index is 0.703. The van der Waals surface area contributed by atoms with Crippen LogP contribution in [0.25, 0.3) is 0 Å². The van der Waals surface area contributed by atoms with Crippen molar-refractivity contribution < 1.29 is 0 Å². The normalized spacial score (nSPS) is 15.3. The number of piperazine rings is 1. The second kappa shape index (κ2) is 8.40. The molecule has 0 atom stereocenters. The van der Waals surface area contributed by atoms with Crippen LogP contribution in [-0.4, -0.2) is 63.2 Å². The molecule has 0 aliphatic carbocycles. The summed E-state index contributed by atoms with van der Waals surface area (Å²) < 4.78 is 0. The van der Waals surface area contributed by atoms with E-state index in [4.69, 9.17) is 0 Å². The lowest BCUT2D eigenvalue weighted by Crippen LogP contribution is -2.52. The molecule has 3 rings (SSSR count). The Bertz CT molecular complexity index is 746. The Kier molecular flexibility index (Phi) is 5.98. The summed E-state index contributed by atoms with van der Waals surface area (Å²) >= 11 is 1.67. The summed E-state index contributed by atoms with van der Waals surface area (Å²) in [7, 11) is 5.88. The molecule has 2 aromatic rings. The molecule has 0 bridgehead atoms. The van der Waals surface area contributed by atoms with E-state index >= 15 is 0 Å². The number of thiazole rings is 1. The van der Waals surface area contributed by atoms with E-state index < -0.39 is 0 Å². The van der Waals surface area contributed by atoms with Crippen LogP contribution < -0.4 is 15.1 Å². The number of hydrogen-bond acceptors (Lipinski definition) is 5. The first-order valence-electron chi connectivity index (χ1n) is 8.96. The van der Waals surface area contributed by atoms with Crippen molar-refractivity contribution >= 4 is 28.1 Å². The zero-order chi connectivity index (χ0) is 18.5. The van der Waals surface area contributed by atoms with Crippen LogP contribution in [0.4, 0.5) is 10.8 Å². The minimum atomic E-state index is 0.703. The molecule has 1 aromatic carbocycles. The van der Waals surface area contributed by atoms with Gasteiger partial charge in [0.1, 0.15) is 0 Å². The van der Waals surface area contributed by atoms with Crippen LogP contribution in [0, 0.1) is 6.92 Å². The Morgan fingerprint density at radius 1 is 1.27 bits per heavy atom.